The highest BCUT2D eigenvalue weighted by Gasteiger charge is 2.09. The van der Waals surface area contributed by atoms with E-state index in [1.807, 2.05) is 18.2 Å². The van der Waals surface area contributed by atoms with E-state index in [1.54, 1.807) is 14.2 Å². The number of hydrogen-bond acceptors (Lipinski definition) is 4. The van der Waals surface area contributed by atoms with Gasteiger partial charge in [-0.3, -0.25) is 0 Å². The van der Waals surface area contributed by atoms with Crippen molar-refractivity contribution in [3.63, 3.8) is 0 Å². The molecule has 102 valence electrons. The Morgan fingerprint density at radius 1 is 1.22 bits per heavy atom. The van der Waals surface area contributed by atoms with Gasteiger partial charge in [-0.2, -0.15) is 0 Å². The van der Waals surface area contributed by atoms with Crippen molar-refractivity contribution in [2.75, 3.05) is 27.4 Å². The van der Waals surface area contributed by atoms with Gasteiger partial charge in [0.2, 0.25) is 0 Å². The van der Waals surface area contributed by atoms with Crippen molar-refractivity contribution in [2.24, 2.45) is 0 Å². The lowest BCUT2D eigenvalue weighted by Gasteiger charge is -2.17. The summed E-state index contributed by atoms with van der Waals surface area (Å²) in [6.45, 7) is 2.93. The molecule has 4 heteroatoms. The minimum Gasteiger partial charge on any atom is -0.493 e. The number of rotatable bonds is 8. The second-order valence-electron chi connectivity index (χ2n) is 4.18. The van der Waals surface area contributed by atoms with Crippen LogP contribution in [0.5, 0.6) is 11.5 Å². The highest BCUT2D eigenvalue weighted by Crippen LogP contribution is 2.28. The molecule has 0 amide bonds. The Bertz CT molecular complexity index is 355. The summed E-state index contributed by atoms with van der Waals surface area (Å²) in [5, 5.41) is 12.1. The largest absolute Gasteiger partial charge is 0.493 e. The zero-order valence-corrected chi connectivity index (χ0v) is 11.4. The molecule has 1 atom stereocenters. The topological polar surface area (TPSA) is 50.7 Å². The molecule has 0 fully saturated rings. The van der Waals surface area contributed by atoms with Crippen molar-refractivity contribution < 1.29 is 14.6 Å². The van der Waals surface area contributed by atoms with Crippen LogP contribution in [0.1, 0.15) is 18.9 Å². The van der Waals surface area contributed by atoms with Gasteiger partial charge in [0.1, 0.15) is 0 Å². The van der Waals surface area contributed by atoms with Crippen LogP contribution in [-0.4, -0.2) is 38.5 Å². The average Bonchev–Trinajstić information content (AvgIpc) is 2.43. The molecule has 0 bridgehead atoms. The van der Waals surface area contributed by atoms with Gasteiger partial charge >= 0.3 is 0 Å². The molecule has 0 saturated carbocycles. The SMILES string of the molecule is CCC(Cc1ccc(OC)c(OC)c1)NCCO. The molecule has 0 saturated heterocycles. The molecule has 0 aromatic heterocycles. The van der Waals surface area contributed by atoms with E-state index >= 15 is 0 Å². The van der Waals surface area contributed by atoms with Crippen LogP contribution in [0, 0.1) is 0 Å². The number of methoxy groups -OCH3 is 2. The summed E-state index contributed by atoms with van der Waals surface area (Å²) in [5.41, 5.74) is 1.20. The third-order valence-corrected chi connectivity index (χ3v) is 2.97. The van der Waals surface area contributed by atoms with Crippen LogP contribution >= 0.6 is 0 Å². The van der Waals surface area contributed by atoms with Gasteiger partial charge in [-0.15, -0.1) is 0 Å². The maximum Gasteiger partial charge on any atom is 0.160 e. The molecule has 1 aromatic carbocycles. The first-order valence-corrected chi connectivity index (χ1v) is 6.30. The van der Waals surface area contributed by atoms with Crippen LogP contribution in [0.15, 0.2) is 18.2 Å². The van der Waals surface area contributed by atoms with Crippen molar-refractivity contribution >= 4 is 0 Å². The smallest absolute Gasteiger partial charge is 0.160 e. The highest BCUT2D eigenvalue weighted by atomic mass is 16.5. The summed E-state index contributed by atoms with van der Waals surface area (Å²) >= 11 is 0. The molecule has 1 aromatic rings. The molecular weight excluding hydrogens is 230 g/mol. The van der Waals surface area contributed by atoms with Gasteiger partial charge in [0.05, 0.1) is 20.8 Å². The van der Waals surface area contributed by atoms with Gasteiger partial charge in [0, 0.05) is 12.6 Å². The van der Waals surface area contributed by atoms with Crippen LogP contribution in [0.3, 0.4) is 0 Å². The number of benzene rings is 1. The van der Waals surface area contributed by atoms with Crippen LogP contribution in [0.25, 0.3) is 0 Å². The van der Waals surface area contributed by atoms with Gasteiger partial charge < -0.3 is 19.9 Å². The summed E-state index contributed by atoms with van der Waals surface area (Å²) in [6, 6.07) is 6.34. The summed E-state index contributed by atoms with van der Waals surface area (Å²) in [7, 11) is 3.28. The Labute approximate surface area is 109 Å². The van der Waals surface area contributed by atoms with Crippen LogP contribution in [0.2, 0.25) is 0 Å². The number of aliphatic hydroxyl groups excluding tert-OH is 1. The number of nitrogens with one attached hydrogen (secondary N) is 1. The normalized spacial score (nSPS) is 12.2. The Balaban J connectivity index is 2.71. The fourth-order valence-electron chi connectivity index (χ4n) is 1.92. The number of hydrogen-bond donors (Lipinski definition) is 2. The van der Waals surface area contributed by atoms with Gasteiger partial charge in [-0.1, -0.05) is 13.0 Å². The maximum atomic E-state index is 8.83. The first-order chi connectivity index (χ1) is 8.74. The fraction of sp³-hybridized carbons (Fsp3) is 0.571. The summed E-state index contributed by atoms with van der Waals surface area (Å²) in [6.07, 6.45) is 1.94. The standard InChI is InChI=1S/C14H23NO3/c1-4-12(15-7-8-16)9-11-5-6-13(17-2)14(10-11)18-3/h5-6,10,12,15-16H,4,7-9H2,1-3H3. The maximum absolute atomic E-state index is 8.83. The second kappa shape index (κ2) is 7.95. The average molecular weight is 253 g/mol. The number of aliphatic hydroxyl groups is 1. The quantitative estimate of drug-likeness (QED) is 0.739. The van der Waals surface area contributed by atoms with Crippen molar-refractivity contribution in [1.29, 1.82) is 0 Å². The fourth-order valence-corrected chi connectivity index (χ4v) is 1.92. The summed E-state index contributed by atoms with van der Waals surface area (Å²) in [5.74, 6) is 1.50. The molecule has 0 aliphatic carbocycles. The summed E-state index contributed by atoms with van der Waals surface area (Å²) in [4.78, 5) is 0. The molecule has 0 heterocycles. The van der Waals surface area contributed by atoms with Crippen molar-refractivity contribution in [3.05, 3.63) is 23.8 Å². The van der Waals surface area contributed by atoms with Crippen LogP contribution in [0.4, 0.5) is 0 Å². The Kier molecular flexibility index (Phi) is 6.54. The first-order valence-electron chi connectivity index (χ1n) is 6.30. The van der Waals surface area contributed by atoms with Crippen molar-refractivity contribution in [1.82, 2.24) is 5.32 Å². The zero-order chi connectivity index (χ0) is 13.4. The molecule has 0 aliphatic heterocycles. The first kappa shape index (κ1) is 14.8. The van der Waals surface area contributed by atoms with E-state index in [-0.39, 0.29) is 6.61 Å². The van der Waals surface area contributed by atoms with E-state index in [2.05, 4.69) is 12.2 Å². The molecule has 4 nitrogen and oxygen atoms in total. The predicted molar refractivity (Wildman–Crippen MR) is 72.4 cm³/mol. The molecule has 18 heavy (non-hydrogen) atoms. The van der Waals surface area contributed by atoms with E-state index < -0.39 is 0 Å². The molecule has 1 rings (SSSR count). The Morgan fingerprint density at radius 2 is 1.94 bits per heavy atom. The van der Waals surface area contributed by atoms with E-state index in [9.17, 15) is 0 Å². The lowest BCUT2D eigenvalue weighted by molar-refractivity contribution is 0.282. The molecular formula is C14H23NO3. The summed E-state index contributed by atoms with van der Waals surface area (Å²) < 4.78 is 10.5. The van der Waals surface area contributed by atoms with Crippen LogP contribution < -0.4 is 14.8 Å². The van der Waals surface area contributed by atoms with Gasteiger partial charge in [0.25, 0.3) is 0 Å². The van der Waals surface area contributed by atoms with Gasteiger partial charge in [-0.25, -0.2) is 0 Å². The lowest BCUT2D eigenvalue weighted by atomic mass is 10.0. The van der Waals surface area contributed by atoms with Crippen LogP contribution in [-0.2, 0) is 6.42 Å². The third kappa shape index (κ3) is 4.20. The van der Waals surface area contributed by atoms with Gasteiger partial charge in [-0.05, 0) is 30.5 Å². The number of ether oxygens (including phenoxy) is 2. The third-order valence-electron chi connectivity index (χ3n) is 2.97. The van der Waals surface area contributed by atoms with E-state index in [1.165, 1.54) is 5.56 Å². The Hall–Kier alpha value is -1.26. The van der Waals surface area contributed by atoms with E-state index in [0.29, 0.717) is 12.6 Å². The zero-order valence-electron chi connectivity index (χ0n) is 11.4. The molecule has 0 aliphatic rings. The molecule has 0 radical (unpaired) electrons. The second-order valence-corrected chi connectivity index (χ2v) is 4.18. The molecule has 1 unspecified atom stereocenters. The molecule has 2 N–H and O–H groups in total. The monoisotopic (exact) mass is 253 g/mol. The minimum absolute atomic E-state index is 0.169. The minimum atomic E-state index is 0.169. The van der Waals surface area contributed by atoms with Gasteiger partial charge in [0.15, 0.2) is 11.5 Å². The van der Waals surface area contributed by atoms with E-state index in [0.717, 1.165) is 24.3 Å². The lowest BCUT2D eigenvalue weighted by Crippen LogP contribution is -2.32. The highest BCUT2D eigenvalue weighted by molar-refractivity contribution is 5.43. The van der Waals surface area contributed by atoms with E-state index in [4.69, 9.17) is 14.6 Å². The Morgan fingerprint density at radius 3 is 2.50 bits per heavy atom. The van der Waals surface area contributed by atoms with Crippen molar-refractivity contribution in [3.8, 4) is 11.5 Å². The predicted octanol–water partition coefficient (Wildman–Crippen LogP) is 1.61. The molecule has 0 spiro atoms. The van der Waals surface area contributed by atoms with Crippen molar-refractivity contribution in [2.45, 2.75) is 25.8 Å².